The van der Waals surface area contributed by atoms with Gasteiger partial charge in [-0.25, -0.2) is 28.3 Å². The number of aromatic nitrogens is 2. The van der Waals surface area contributed by atoms with Crippen LogP contribution in [0.2, 0.25) is 0 Å². The van der Waals surface area contributed by atoms with E-state index in [1.807, 2.05) is 0 Å². The van der Waals surface area contributed by atoms with Gasteiger partial charge in [0.05, 0.1) is 17.2 Å². The van der Waals surface area contributed by atoms with Gasteiger partial charge >= 0.3 is 0 Å². The number of hydrogen-bond acceptors (Lipinski definition) is 8. The fourth-order valence-electron chi connectivity index (χ4n) is 3.19. The molecule has 184 valence electrons. The summed E-state index contributed by atoms with van der Waals surface area (Å²) in [5.74, 6) is -1.17. The number of halogens is 1. The second-order valence-corrected chi connectivity index (χ2v) is 10.7. The van der Waals surface area contributed by atoms with Crippen molar-refractivity contribution in [3.8, 4) is 0 Å². The van der Waals surface area contributed by atoms with Crippen molar-refractivity contribution in [2.24, 2.45) is 4.99 Å². The standard InChI is InChI=1S/C22H28FN5O5S/c1-14(7-8-19(24-3)27(4)5)15-12-18-16(11-17(15)23)20(29)28(13-25-18)10-9-22(2,21(30)26-31)34(6,32)33/h7-8,11-13,31H,3,9-10H2,1-2,4-6H3,(H,26,30)/b14-7+,19-8+. The lowest BCUT2D eigenvalue weighted by atomic mass is 10.0. The highest BCUT2D eigenvalue weighted by Gasteiger charge is 2.43. The van der Waals surface area contributed by atoms with Crippen LogP contribution in [0, 0.1) is 5.82 Å². The maximum Gasteiger partial charge on any atom is 0.264 e. The molecule has 0 aliphatic rings. The quantitative estimate of drug-likeness (QED) is 0.235. The molecule has 1 aromatic heterocycles. The number of benzene rings is 1. The molecular formula is C22H28FN5O5S. The van der Waals surface area contributed by atoms with Gasteiger partial charge in [-0.1, -0.05) is 6.08 Å². The van der Waals surface area contributed by atoms with Gasteiger partial charge in [0.25, 0.3) is 11.5 Å². The van der Waals surface area contributed by atoms with Crippen molar-refractivity contribution >= 4 is 38.9 Å². The monoisotopic (exact) mass is 493 g/mol. The number of carbonyl (C=O) groups is 1. The van der Waals surface area contributed by atoms with Gasteiger partial charge in [0.1, 0.15) is 11.6 Å². The number of aryl methyl sites for hydroxylation is 1. The highest BCUT2D eigenvalue weighted by atomic mass is 32.2. The lowest BCUT2D eigenvalue weighted by molar-refractivity contribution is -0.131. The van der Waals surface area contributed by atoms with Crippen LogP contribution in [-0.4, -0.2) is 65.8 Å². The molecular weight excluding hydrogens is 465 g/mol. The van der Waals surface area contributed by atoms with Crippen molar-refractivity contribution in [3.63, 3.8) is 0 Å². The van der Waals surface area contributed by atoms with Gasteiger partial charge in [0.2, 0.25) is 0 Å². The number of amides is 1. The van der Waals surface area contributed by atoms with Crippen LogP contribution in [0.5, 0.6) is 0 Å². The van der Waals surface area contributed by atoms with E-state index in [0.29, 0.717) is 11.4 Å². The average molecular weight is 494 g/mol. The van der Waals surface area contributed by atoms with E-state index in [2.05, 4.69) is 16.7 Å². The molecule has 2 N–H and O–H groups in total. The van der Waals surface area contributed by atoms with Gasteiger partial charge in [0.15, 0.2) is 14.6 Å². The van der Waals surface area contributed by atoms with E-state index in [-0.39, 0.29) is 29.4 Å². The largest absolute Gasteiger partial charge is 0.363 e. The van der Waals surface area contributed by atoms with Crippen LogP contribution >= 0.6 is 0 Å². The minimum Gasteiger partial charge on any atom is -0.363 e. The fraction of sp³-hybridized carbons (Fsp3) is 0.364. The predicted molar refractivity (Wildman–Crippen MR) is 129 cm³/mol. The molecule has 2 aromatic rings. The van der Waals surface area contributed by atoms with Crippen LogP contribution < -0.4 is 11.0 Å². The summed E-state index contributed by atoms with van der Waals surface area (Å²) in [6.45, 7) is 6.14. The Morgan fingerprint density at radius 3 is 2.56 bits per heavy atom. The van der Waals surface area contributed by atoms with Crippen LogP contribution in [0.3, 0.4) is 0 Å². The number of hydroxylamine groups is 1. The zero-order valence-electron chi connectivity index (χ0n) is 19.7. The molecule has 1 aromatic carbocycles. The maximum absolute atomic E-state index is 14.9. The third-order valence-electron chi connectivity index (χ3n) is 5.67. The minimum absolute atomic E-state index is 0.00139. The number of nitrogens with one attached hydrogen (secondary N) is 1. The average Bonchev–Trinajstić information content (AvgIpc) is 2.77. The molecule has 0 saturated carbocycles. The van der Waals surface area contributed by atoms with Gasteiger partial charge in [-0.15, -0.1) is 0 Å². The molecule has 34 heavy (non-hydrogen) atoms. The van der Waals surface area contributed by atoms with Gasteiger partial charge in [-0.2, -0.15) is 0 Å². The van der Waals surface area contributed by atoms with Crippen molar-refractivity contribution in [1.82, 2.24) is 19.9 Å². The zero-order valence-corrected chi connectivity index (χ0v) is 20.5. The predicted octanol–water partition coefficient (Wildman–Crippen LogP) is 1.74. The Morgan fingerprint density at radius 2 is 2.03 bits per heavy atom. The molecule has 0 aliphatic heterocycles. The van der Waals surface area contributed by atoms with Crippen LogP contribution in [-0.2, 0) is 21.2 Å². The minimum atomic E-state index is -3.93. The summed E-state index contributed by atoms with van der Waals surface area (Å²) < 4.78 is 38.3. The number of hydrogen-bond donors (Lipinski definition) is 2. The van der Waals surface area contributed by atoms with Gasteiger partial charge in [0, 0.05) is 32.5 Å². The van der Waals surface area contributed by atoms with E-state index in [1.165, 1.54) is 17.9 Å². The van der Waals surface area contributed by atoms with E-state index in [9.17, 15) is 22.4 Å². The Bertz CT molecular complexity index is 1350. The SMILES string of the molecule is C=N/C(=C\C=C(/C)c1cc2ncn(CCC(C)(C(=O)NO)S(C)(=O)=O)c(=O)c2cc1F)N(C)C. The summed E-state index contributed by atoms with van der Waals surface area (Å²) in [7, 11) is -0.343. The van der Waals surface area contributed by atoms with Crippen LogP contribution in [0.1, 0.15) is 25.8 Å². The highest BCUT2D eigenvalue weighted by Crippen LogP contribution is 2.24. The number of allylic oxidation sites excluding steroid dienone is 3. The first-order chi connectivity index (χ1) is 15.8. The summed E-state index contributed by atoms with van der Waals surface area (Å²) in [6.07, 6.45) is 5.10. The van der Waals surface area contributed by atoms with E-state index < -0.39 is 31.9 Å². The summed E-state index contributed by atoms with van der Waals surface area (Å²) in [6, 6.07) is 2.53. The van der Waals surface area contributed by atoms with E-state index in [4.69, 9.17) is 5.21 Å². The third-order valence-corrected chi connectivity index (χ3v) is 7.70. The molecule has 12 heteroatoms. The number of fused-ring (bicyclic) bond motifs is 1. The molecule has 0 saturated heterocycles. The number of nitrogens with zero attached hydrogens (tertiary/aromatic N) is 4. The Balaban J connectivity index is 2.47. The molecule has 0 fully saturated rings. The van der Waals surface area contributed by atoms with Crippen molar-refractivity contribution < 1.29 is 22.8 Å². The topological polar surface area (TPSA) is 134 Å². The molecule has 2 rings (SSSR count). The van der Waals surface area contributed by atoms with Gasteiger partial charge < -0.3 is 4.90 Å². The molecule has 1 amide bonds. The van der Waals surface area contributed by atoms with Crippen molar-refractivity contribution in [1.29, 1.82) is 0 Å². The van der Waals surface area contributed by atoms with E-state index >= 15 is 0 Å². The Kier molecular flexibility index (Phi) is 8.11. The second kappa shape index (κ2) is 10.3. The third kappa shape index (κ3) is 5.39. The number of sulfone groups is 1. The Morgan fingerprint density at radius 1 is 1.38 bits per heavy atom. The summed E-state index contributed by atoms with van der Waals surface area (Å²) >= 11 is 0. The second-order valence-electron chi connectivity index (χ2n) is 8.21. The first-order valence-electron chi connectivity index (χ1n) is 10.1. The summed E-state index contributed by atoms with van der Waals surface area (Å²) in [5, 5.41) is 8.93. The number of rotatable bonds is 9. The lowest BCUT2D eigenvalue weighted by Crippen LogP contribution is -2.50. The smallest absolute Gasteiger partial charge is 0.264 e. The molecule has 0 bridgehead atoms. The van der Waals surface area contributed by atoms with Crippen molar-refractivity contribution in [3.05, 3.63) is 58.2 Å². The van der Waals surface area contributed by atoms with Gasteiger partial charge in [-0.3, -0.25) is 19.4 Å². The molecule has 0 radical (unpaired) electrons. The molecule has 1 heterocycles. The first-order valence-corrected chi connectivity index (χ1v) is 12.0. The first kappa shape index (κ1) is 26.9. The van der Waals surface area contributed by atoms with Gasteiger partial charge in [-0.05, 0) is 50.8 Å². The Labute approximate surface area is 197 Å². The molecule has 0 aliphatic carbocycles. The van der Waals surface area contributed by atoms with E-state index in [0.717, 1.165) is 23.8 Å². The van der Waals surface area contributed by atoms with Crippen molar-refractivity contribution in [2.45, 2.75) is 31.6 Å². The molecule has 1 atom stereocenters. The number of aliphatic imine (C=N–C) groups is 1. The van der Waals surface area contributed by atoms with Crippen LogP contribution in [0.4, 0.5) is 4.39 Å². The molecule has 0 spiro atoms. The van der Waals surface area contributed by atoms with Crippen molar-refractivity contribution in [2.75, 3.05) is 20.4 Å². The van der Waals surface area contributed by atoms with Crippen LogP contribution in [0.15, 0.2) is 46.2 Å². The highest BCUT2D eigenvalue weighted by molar-refractivity contribution is 7.92. The summed E-state index contributed by atoms with van der Waals surface area (Å²) in [5.41, 5.74) is 1.84. The van der Waals surface area contributed by atoms with Crippen LogP contribution in [0.25, 0.3) is 16.5 Å². The normalized spacial score (nSPS) is 14.6. The zero-order chi connectivity index (χ0) is 25.8. The summed E-state index contributed by atoms with van der Waals surface area (Å²) in [4.78, 5) is 34.7. The molecule has 1 unspecified atom stereocenters. The molecule has 10 nitrogen and oxygen atoms in total. The number of carbonyl (C=O) groups excluding carboxylic acids is 1. The fourth-order valence-corrected chi connectivity index (χ4v) is 4.04. The maximum atomic E-state index is 14.9. The Hall–Kier alpha value is -3.38. The van der Waals surface area contributed by atoms with E-state index in [1.54, 1.807) is 38.1 Å². The lowest BCUT2D eigenvalue weighted by Gasteiger charge is -2.25.